The summed E-state index contributed by atoms with van der Waals surface area (Å²) in [5, 5.41) is 3.57. The summed E-state index contributed by atoms with van der Waals surface area (Å²) in [5.74, 6) is 1.23. The van der Waals surface area contributed by atoms with Gasteiger partial charge in [-0.1, -0.05) is 13.0 Å². The van der Waals surface area contributed by atoms with Crippen LogP contribution in [0, 0.1) is 0 Å². The molecule has 2 heteroatoms. The van der Waals surface area contributed by atoms with Gasteiger partial charge in [0.25, 0.3) is 0 Å². The third kappa shape index (κ3) is 8.38. The van der Waals surface area contributed by atoms with Crippen LogP contribution in [0.4, 0.5) is 0 Å². The van der Waals surface area contributed by atoms with Crippen molar-refractivity contribution in [3.63, 3.8) is 0 Å². The van der Waals surface area contributed by atoms with Crippen molar-refractivity contribution in [2.24, 2.45) is 0 Å². The van der Waals surface area contributed by atoms with E-state index in [0.29, 0.717) is 6.04 Å². The quantitative estimate of drug-likeness (QED) is 0.454. The first kappa shape index (κ1) is 13.1. The highest BCUT2D eigenvalue weighted by atomic mass is 32.2. The summed E-state index contributed by atoms with van der Waals surface area (Å²) in [6.07, 6.45) is 9.12. The molecule has 0 amide bonds. The Morgan fingerprint density at radius 1 is 1.54 bits per heavy atom. The molecule has 13 heavy (non-hydrogen) atoms. The third-order valence-electron chi connectivity index (χ3n) is 2.01. The summed E-state index contributed by atoms with van der Waals surface area (Å²) in [5.41, 5.74) is 0. The highest BCUT2D eigenvalue weighted by Gasteiger charge is 2.04. The van der Waals surface area contributed by atoms with Crippen LogP contribution in [0.25, 0.3) is 0 Å². The molecule has 1 N–H and O–H groups in total. The van der Waals surface area contributed by atoms with Crippen molar-refractivity contribution in [2.45, 2.75) is 38.6 Å². The Labute approximate surface area is 87.4 Å². The van der Waals surface area contributed by atoms with Gasteiger partial charge >= 0.3 is 0 Å². The molecule has 1 unspecified atom stereocenters. The van der Waals surface area contributed by atoms with Gasteiger partial charge in [-0.3, -0.25) is 0 Å². The second-order valence-corrected chi connectivity index (χ2v) is 4.24. The van der Waals surface area contributed by atoms with Crippen LogP contribution in [0.3, 0.4) is 0 Å². The molecule has 0 fully saturated rings. The zero-order valence-electron chi connectivity index (χ0n) is 9.01. The van der Waals surface area contributed by atoms with E-state index in [2.05, 4.69) is 25.1 Å². The van der Waals surface area contributed by atoms with Gasteiger partial charge in [-0.2, -0.15) is 11.8 Å². The average molecular weight is 201 g/mol. The molecule has 0 aliphatic rings. The smallest absolute Gasteiger partial charge is 0.0158 e. The lowest BCUT2D eigenvalue weighted by atomic mass is 10.1. The molecular formula is C11H23NS. The number of rotatable bonds is 9. The topological polar surface area (TPSA) is 12.0 Å². The summed E-state index contributed by atoms with van der Waals surface area (Å²) < 4.78 is 0. The number of allylic oxidation sites excluding steroid dienone is 1. The fourth-order valence-electron chi connectivity index (χ4n) is 1.30. The van der Waals surface area contributed by atoms with E-state index in [0.717, 1.165) is 13.0 Å². The normalized spacial score (nSPS) is 12.8. The van der Waals surface area contributed by atoms with Gasteiger partial charge in [0.05, 0.1) is 0 Å². The highest BCUT2D eigenvalue weighted by Crippen LogP contribution is 2.06. The van der Waals surface area contributed by atoms with E-state index in [1.165, 1.54) is 25.0 Å². The van der Waals surface area contributed by atoms with Crippen molar-refractivity contribution in [2.75, 3.05) is 18.6 Å². The van der Waals surface area contributed by atoms with Crippen LogP contribution in [0.5, 0.6) is 0 Å². The molecule has 0 saturated heterocycles. The molecule has 0 aliphatic carbocycles. The lowest BCUT2D eigenvalue weighted by molar-refractivity contribution is 0.506. The molecule has 1 atom stereocenters. The van der Waals surface area contributed by atoms with Crippen LogP contribution in [0.2, 0.25) is 0 Å². The van der Waals surface area contributed by atoms with Crippen LogP contribution in [-0.4, -0.2) is 24.6 Å². The van der Waals surface area contributed by atoms with Gasteiger partial charge in [-0.25, -0.2) is 0 Å². The van der Waals surface area contributed by atoms with Crippen LogP contribution >= 0.6 is 11.8 Å². The molecule has 0 rings (SSSR count). The van der Waals surface area contributed by atoms with E-state index in [1.54, 1.807) is 0 Å². The number of thioether (sulfide) groups is 1. The van der Waals surface area contributed by atoms with Gasteiger partial charge in [-0.15, -0.1) is 6.58 Å². The van der Waals surface area contributed by atoms with Crippen LogP contribution in [0.15, 0.2) is 12.7 Å². The Morgan fingerprint density at radius 3 is 2.85 bits per heavy atom. The zero-order chi connectivity index (χ0) is 9.94. The van der Waals surface area contributed by atoms with Crippen molar-refractivity contribution in [1.82, 2.24) is 5.32 Å². The second-order valence-electron chi connectivity index (χ2n) is 3.33. The fraction of sp³-hybridized carbons (Fsp3) is 0.818. The molecule has 0 aliphatic heterocycles. The molecule has 0 aromatic heterocycles. The minimum atomic E-state index is 0.704. The lowest BCUT2D eigenvalue weighted by Crippen LogP contribution is -2.31. The van der Waals surface area contributed by atoms with Crippen molar-refractivity contribution >= 4 is 11.8 Å². The van der Waals surface area contributed by atoms with Crippen molar-refractivity contribution < 1.29 is 0 Å². The van der Waals surface area contributed by atoms with E-state index < -0.39 is 0 Å². The van der Waals surface area contributed by atoms with Gasteiger partial charge in [0, 0.05) is 11.8 Å². The Balaban J connectivity index is 3.46. The van der Waals surface area contributed by atoms with E-state index in [4.69, 9.17) is 0 Å². The molecule has 0 saturated carbocycles. The first-order chi connectivity index (χ1) is 6.35. The molecule has 0 aromatic carbocycles. The number of hydrogen-bond donors (Lipinski definition) is 1. The fourth-order valence-corrected chi connectivity index (χ4v) is 1.99. The van der Waals surface area contributed by atoms with Crippen molar-refractivity contribution in [3.05, 3.63) is 12.7 Å². The SMILES string of the molecule is C=CCCCC(CSC)NCCC. The number of hydrogen-bond acceptors (Lipinski definition) is 2. The standard InChI is InChI=1S/C11H23NS/c1-4-6-7-8-11(10-13-3)12-9-5-2/h4,11-12H,1,5-10H2,2-3H3. The van der Waals surface area contributed by atoms with Gasteiger partial charge in [0.2, 0.25) is 0 Å². The first-order valence-corrected chi connectivity index (χ1v) is 6.57. The van der Waals surface area contributed by atoms with E-state index in [-0.39, 0.29) is 0 Å². The van der Waals surface area contributed by atoms with Crippen LogP contribution in [-0.2, 0) is 0 Å². The summed E-state index contributed by atoms with van der Waals surface area (Å²) in [6, 6.07) is 0.704. The van der Waals surface area contributed by atoms with Gasteiger partial charge in [0.15, 0.2) is 0 Å². The first-order valence-electron chi connectivity index (χ1n) is 5.18. The van der Waals surface area contributed by atoms with Crippen LogP contribution in [0.1, 0.15) is 32.6 Å². The van der Waals surface area contributed by atoms with Gasteiger partial charge < -0.3 is 5.32 Å². The summed E-state index contributed by atoms with van der Waals surface area (Å²) >= 11 is 1.93. The van der Waals surface area contributed by atoms with Gasteiger partial charge in [-0.05, 0) is 38.5 Å². The highest BCUT2D eigenvalue weighted by molar-refractivity contribution is 7.98. The molecule has 0 radical (unpaired) electrons. The summed E-state index contributed by atoms with van der Waals surface area (Å²) in [4.78, 5) is 0. The summed E-state index contributed by atoms with van der Waals surface area (Å²) in [6.45, 7) is 7.11. The molecular weight excluding hydrogens is 178 g/mol. The average Bonchev–Trinajstić information content (AvgIpc) is 2.14. The lowest BCUT2D eigenvalue weighted by Gasteiger charge is -2.16. The number of unbranched alkanes of at least 4 members (excludes halogenated alkanes) is 1. The minimum Gasteiger partial charge on any atom is -0.313 e. The Morgan fingerprint density at radius 2 is 2.31 bits per heavy atom. The molecule has 0 bridgehead atoms. The predicted molar refractivity (Wildman–Crippen MR) is 64.5 cm³/mol. The molecule has 1 nitrogen and oxygen atoms in total. The molecule has 0 aromatic rings. The Kier molecular flexibility index (Phi) is 10.2. The maximum atomic E-state index is 3.74. The van der Waals surface area contributed by atoms with E-state index in [1.807, 2.05) is 17.8 Å². The zero-order valence-corrected chi connectivity index (χ0v) is 9.83. The third-order valence-corrected chi connectivity index (χ3v) is 2.75. The van der Waals surface area contributed by atoms with Gasteiger partial charge in [0.1, 0.15) is 0 Å². The second kappa shape index (κ2) is 10.1. The van der Waals surface area contributed by atoms with Crippen molar-refractivity contribution in [3.8, 4) is 0 Å². The predicted octanol–water partition coefficient (Wildman–Crippen LogP) is 3.07. The molecule has 0 heterocycles. The largest absolute Gasteiger partial charge is 0.313 e. The van der Waals surface area contributed by atoms with Crippen LogP contribution < -0.4 is 5.32 Å². The minimum absolute atomic E-state index is 0.704. The van der Waals surface area contributed by atoms with Crippen molar-refractivity contribution in [1.29, 1.82) is 0 Å². The number of nitrogens with one attached hydrogen (secondary N) is 1. The Hall–Kier alpha value is 0.0500. The van der Waals surface area contributed by atoms with E-state index >= 15 is 0 Å². The maximum absolute atomic E-state index is 3.74. The summed E-state index contributed by atoms with van der Waals surface area (Å²) in [7, 11) is 0. The molecule has 0 spiro atoms. The maximum Gasteiger partial charge on any atom is 0.0158 e. The Bertz CT molecular complexity index is 115. The monoisotopic (exact) mass is 201 g/mol. The molecule has 78 valence electrons. The van der Waals surface area contributed by atoms with E-state index in [9.17, 15) is 0 Å².